The van der Waals surface area contributed by atoms with Crippen LogP contribution in [0.4, 0.5) is 0 Å². The molecule has 3 rings (SSSR count). The summed E-state index contributed by atoms with van der Waals surface area (Å²) in [6, 6.07) is 7.03. The van der Waals surface area contributed by atoms with Crippen molar-refractivity contribution in [3.8, 4) is 0 Å². The third-order valence-electron chi connectivity index (χ3n) is 5.09. The van der Waals surface area contributed by atoms with E-state index in [1.54, 1.807) is 0 Å². The summed E-state index contributed by atoms with van der Waals surface area (Å²) >= 11 is 6.27. The Bertz CT molecular complexity index is 443. The maximum Gasteiger partial charge on any atom is 0.0438 e. The first-order chi connectivity index (χ1) is 8.69. The van der Waals surface area contributed by atoms with Crippen LogP contribution in [0.1, 0.15) is 42.9 Å². The topological polar surface area (TPSA) is 12.0 Å². The molecule has 1 N–H and O–H groups in total. The number of hydrogen-bond acceptors (Lipinski definition) is 1. The molecule has 0 heterocycles. The Kier molecular flexibility index (Phi) is 3.38. The van der Waals surface area contributed by atoms with Crippen molar-refractivity contribution < 1.29 is 0 Å². The van der Waals surface area contributed by atoms with Gasteiger partial charge in [-0.3, -0.25) is 0 Å². The van der Waals surface area contributed by atoms with E-state index in [2.05, 4.69) is 37.5 Å². The summed E-state index contributed by atoms with van der Waals surface area (Å²) < 4.78 is 0. The molecular formula is C16H22ClN. The van der Waals surface area contributed by atoms with Crippen LogP contribution in [-0.2, 0) is 0 Å². The molecule has 0 saturated heterocycles. The molecule has 4 unspecified atom stereocenters. The number of fused-ring (bicyclic) bond motifs is 2. The van der Waals surface area contributed by atoms with Gasteiger partial charge in [0.05, 0.1) is 0 Å². The van der Waals surface area contributed by atoms with Crippen molar-refractivity contribution in [2.75, 3.05) is 7.05 Å². The normalized spacial score (nSPS) is 31.8. The van der Waals surface area contributed by atoms with Gasteiger partial charge in [0, 0.05) is 11.1 Å². The lowest BCUT2D eigenvalue weighted by Gasteiger charge is -2.31. The molecule has 0 amide bonds. The number of nitrogens with one attached hydrogen (secondary N) is 1. The number of aryl methyl sites for hydroxylation is 1. The molecule has 18 heavy (non-hydrogen) atoms. The summed E-state index contributed by atoms with van der Waals surface area (Å²) in [5, 5.41) is 4.43. The Labute approximate surface area is 115 Å². The highest BCUT2D eigenvalue weighted by Gasteiger charge is 2.43. The van der Waals surface area contributed by atoms with Crippen molar-refractivity contribution >= 4 is 11.6 Å². The molecule has 0 aromatic heterocycles. The predicted molar refractivity (Wildman–Crippen MR) is 76.9 cm³/mol. The molecule has 2 aliphatic rings. The summed E-state index contributed by atoms with van der Waals surface area (Å²) in [7, 11) is 2.09. The highest BCUT2D eigenvalue weighted by atomic mass is 35.5. The van der Waals surface area contributed by atoms with E-state index in [-0.39, 0.29) is 0 Å². The molecule has 2 aliphatic carbocycles. The first-order valence-electron chi connectivity index (χ1n) is 7.12. The van der Waals surface area contributed by atoms with E-state index < -0.39 is 0 Å². The van der Waals surface area contributed by atoms with Gasteiger partial charge in [-0.2, -0.15) is 0 Å². The SMILES string of the molecule is CNC(c1ccc(C)c(Cl)c1)C1CC2CCC1C2. The molecule has 1 aromatic rings. The van der Waals surface area contributed by atoms with Gasteiger partial charge in [-0.25, -0.2) is 0 Å². The molecule has 0 radical (unpaired) electrons. The first kappa shape index (κ1) is 12.5. The third-order valence-corrected chi connectivity index (χ3v) is 5.49. The maximum atomic E-state index is 6.27. The maximum absolute atomic E-state index is 6.27. The van der Waals surface area contributed by atoms with Gasteiger partial charge in [0.15, 0.2) is 0 Å². The molecule has 1 aromatic carbocycles. The molecule has 2 fully saturated rings. The van der Waals surface area contributed by atoms with Crippen LogP contribution in [0.15, 0.2) is 18.2 Å². The van der Waals surface area contributed by atoms with E-state index in [9.17, 15) is 0 Å². The highest BCUT2D eigenvalue weighted by molar-refractivity contribution is 6.31. The second-order valence-electron chi connectivity index (χ2n) is 6.11. The zero-order chi connectivity index (χ0) is 12.7. The van der Waals surface area contributed by atoms with E-state index in [4.69, 9.17) is 11.6 Å². The smallest absolute Gasteiger partial charge is 0.0438 e. The van der Waals surface area contributed by atoms with E-state index in [1.807, 2.05) is 0 Å². The molecule has 2 saturated carbocycles. The van der Waals surface area contributed by atoms with Crippen molar-refractivity contribution in [3.63, 3.8) is 0 Å². The van der Waals surface area contributed by atoms with E-state index in [0.717, 1.165) is 22.8 Å². The molecule has 2 bridgehead atoms. The second-order valence-corrected chi connectivity index (χ2v) is 6.52. The van der Waals surface area contributed by atoms with Crippen LogP contribution in [0.3, 0.4) is 0 Å². The van der Waals surface area contributed by atoms with Crippen LogP contribution in [0, 0.1) is 24.7 Å². The Morgan fingerprint density at radius 1 is 1.28 bits per heavy atom. The molecule has 98 valence electrons. The van der Waals surface area contributed by atoms with E-state index in [1.165, 1.54) is 36.8 Å². The van der Waals surface area contributed by atoms with Gasteiger partial charge in [0.2, 0.25) is 0 Å². The van der Waals surface area contributed by atoms with Gasteiger partial charge in [0.25, 0.3) is 0 Å². The molecule has 0 aliphatic heterocycles. The quantitative estimate of drug-likeness (QED) is 0.855. The van der Waals surface area contributed by atoms with Gasteiger partial charge in [0.1, 0.15) is 0 Å². The fourth-order valence-electron chi connectivity index (χ4n) is 4.13. The zero-order valence-electron chi connectivity index (χ0n) is 11.2. The van der Waals surface area contributed by atoms with E-state index in [0.29, 0.717) is 6.04 Å². The van der Waals surface area contributed by atoms with Crippen molar-refractivity contribution in [2.24, 2.45) is 17.8 Å². The number of benzene rings is 1. The fourth-order valence-corrected chi connectivity index (χ4v) is 4.32. The van der Waals surface area contributed by atoms with Crippen molar-refractivity contribution in [3.05, 3.63) is 34.3 Å². The largest absolute Gasteiger partial charge is 0.313 e. The molecule has 1 nitrogen and oxygen atoms in total. The van der Waals surface area contributed by atoms with Crippen LogP contribution in [0.25, 0.3) is 0 Å². The lowest BCUT2D eigenvalue weighted by molar-refractivity contribution is 0.259. The van der Waals surface area contributed by atoms with Crippen LogP contribution in [-0.4, -0.2) is 7.05 Å². The standard InChI is InChI=1S/C16H22ClN/c1-10-3-5-13(9-15(10)17)16(18-2)14-8-11-4-6-12(14)7-11/h3,5,9,11-12,14,16,18H,4,6-8H2,1-2H3. The summed E-state index contributed by atoms with van der Waals surface area (Å²) in [5.74, 6) is 2.75. The van der Waals surface area contributed by atoms with Gasteiger partial charge in [-0.05, 0) is 68.2 Å². The monoisotopic (exact) mass is 263 g/mol. The second kappa shape index (κ2) is 4.86. The van der Waals surface area contributed by atoms with Gasteiger partial charge >= 0.3 is 0 Å². The predicted octanol–water partition coefficient (Wildman–Crippen LogP) is 4.35. The molecular weight excluding hydrogens is 242 g/mol. The average Bonchev–Trinajstić information content (AvgIpc) is 2.97. The van der Waals surface area contributed by atoms with Crippen LogP contribution in [0.2, 0.25) is 5.02 Å². The molecule has 2 heteroatoms. The average molecular weight is 264 g/mol. The minimum atomic E-state index is 0.485. The van der Waals surface area contributed by atoms with Crippen molar-refractivity contribution in [1.82, 2.24) is 5.32 Å². The Balaban J connectivity index is 1.85. The summed E-state index contributed by atoms with van der Waals surface area (Å²) in [5.41, 5.74) is 2.54. The van der Waals surface area contributed by atoms with E-state index >= 15 is 0 Å². The fraction of sp³-hybridized carbons (Fsp3) is 0.625. The Hall–Kier alpha value is -0.530. The van der Waals surface area contributed by atoms with Crippen molar-refractivity contribution in [1.29, 1.82) is 0 Å². The highest BCUT2D eigenvalue weighted by Crippen LogP contribution is 2.52. The number of rotatable bonds is 3. The van der Waals surface area contributed by atoms with Crippen LogP contribution >= 0.6 is 11.6 Å². The van der Waals surface area contributed by atoms with Gasteiger partial charge < -0.3 is 5.32 Å². The Morgan fingerprint density at radius 2 is 2.11 bits per heavy atom. The Morgan fingerprint density at radius 3 is 2.67 bits per heavy atom. The first-order valence-corrected chi connectivity index (χ1v) is 7.50. The van der Waals surface area contributed by atoms with Gasteiger partial charge in [-0.1, -0.05) is 30.2 Å². The minimum Gasteiger partial charge on any atom is -0.313 e. The van der Waals surface area contributed by atoms with Crippen LogP contribution in [0.5, 0.6) is 0 Å². The van der Waals surface area contributed by atoms with Gasteiger partial charge in [-0.15, -0.1) is 0 Å². The molecule has 4 atom stereocenters. The lowest BCUT2D eigenvalue weighted by atomic mass is 9.80. The molecule has 0 spiro atoms. The van der Waals surface area contributed by atoms with Crippen molar-refractivity contribution in [2.45, 2.75) is 38.6 Å². The zero-order valence-corrected chi connectivity index (χ0v) is 12.0. The summed E-state index contributed by atoms with van der Waals surface area (Å²) in [6.07, 6.45) is 5.77. The number of halogens is 1. The van der Waals surface area contributed by atoms with Crippen LogP contribution < -0.4 is 5.32 Å². The minimum absolute atomic E-state index is 0.485. The number of hydrogen-bond donors (Lipinski definition) is 1. The lowest BCUT2D eigenvalue weighted by Crippen LogP contribution is -2.29. The summed E-state index contributed by atoms with van der Waals surface area (Å²) in [4.78, 5) is 0. The summed E-state index contributed by atoms with van der Waals surface area (Å²) in [6.45, 7) is 2.07. The third kappa shape index (κ3) is 2.08.